The van der Waals surface area contributed by atoms with E-state index in [0.717, 1.165) is 4.90 Å². The number of halogens is 3. The number of nitrogens with one attached hydrogen (secondary N) is 1. The van der Waals surface area contributed by atoms with Crippen molar-refractivity contribution in [2.24, 2.45) is 0 Å². The van der Waals surface area contributed by atoms with Crippen LogP contribution in [0.3, 0.4) is 0 Å². The number of benzene rings is 2. The van der Waals surface area contributed by atoms with Gasteiger partial charge >= 0.3 is 12.0 Å². The van der Waals surface area contributed by atoms with E-state index >= 15 is 0 Å². The molecule has 1 saturated heterocycles. The van der Waals surface area contributed by atoms with Crippen LogP contribution in [0.15, 0.2) is 57.1 Å². The van der Waals surface area contributed by atoms with Crippen LogP contribution in [-0.4, -0.2) is 37.0 Å². The van der Waals surface area contributed by atoms with Gasteiger partial charge in [-0.3, -0.25) is 9.69 Å². The molecule has 0 unspecified atom stereocenters. The number of imide groups is 1. The van der Waals surface area contributed by atoms with Crippen LogP contribution in [0.2, 0.25) is 5.02 Å². The van der Waals surface area contributed by atoms with Crippen molar-refractivity contribution in [2.45, 2.75) is 13.2 Å². The average molecular weight is 594 g/mol. The Morgan fingerprint density at radius 1 is 1.22 bits per heavy atom. The first-order chi connectivity index (χ1) is 17.7. The van der Waals surface area contributed by atoms with Crippen molar-refractivity contribution in [3.05, 3.63) is 86.1 Å². The summed E-state index contributed by atoms with van der Waals surface area (Å²) >= 11 is 9.89. The van der Waals surface area contributed by atoms with E-state index in [1.165, 1.54) is 38.5 Å². The lowest BCUT2D eigenvalue weighted by Crippen LogP contribution is -2.30. The highest BCUT2D eigenvalue weighted by atomic mass is 79.9. The Kier molecular flexibility index (Phi) is 7.84. The number of rotatable bonds is 8. The van der Waals surface area contributed by atoms with Crippen LogP contribution < -0.4 is 14.8 Å². The summed E-state index contributed by atoms with van der Waals surface area (Å²) in [5, 5.41) is 2.63. The quantitative estimate of drug-likeness (QED) is 0.215. The molecule has 2 heterocycles. The summed E-state index contributed by atoms with van der Waals surface area (Å²) in [5.74, 6) is -1.16. The van der Waals surface area contributed by atoms with Gasteiger partial charge in [0, 0.05) is 10.0 Å². The first kappa shape index (κ1) is 26.2. The van der Waals surface area contributed by atoms with E-state index in [1.54, 1.807) is 24.3 Å². The summed E-state index contributed by atoms with van der Waals surface area (Å²) in [4.78, 5) is 37.9. The van der Waals surface area contributed by atoms with Crippen LogP contribution in [0.25, 0.3) is 6.08 Å². The molecule has 192 valence electrons. The van der Waals surface area contributed by atoms with Gasteiger partial charge < -0.3 is 23.9 Å². The third kappa shape index (κ3) is 5.47. The van der Waals surface area contributed by atoms with Gasteiger partial charge in [0.15, 0.2) is 11.5 Å². The molecule has 1 aliphatic rings. The summed E-state index contributed by atoms with van der Waals surface area (Å²) in [5.41, 5.74) is 0.720. The van der Waals surface area contributed by atoms with Crippen molar-refractivity contribution in [3.63, 3.8) is 0 Å². The number of hydrogen-bond acceptors (Lipinski definition) is 7. The Balaban J connectivity index is 1.56. The number of carbonyl (C=O) groups excluding carboxylic acids is 3. The van der Waals surface area contributed by atoms with Gasteiger partial charge in [0.05, 0.1) is 20.8 Å². The van der Waals surface area contributed by atoms with Crippen molar-refractivity contribution < 1.29 is 37.4 Å². The highest BCUT2D eigenvalue weighted by molar-refractivity contribution is 9.10. The summed E-state index contributed by atoms with van der Waals surface area (Å²) in [6.07, 6.45) is 1.42. The van der Waals surface area contributed by atoms with Crippen molar-refractivity contribution >= 4 is 51.5 Å². The molecule has 2 aromatic carbocycles. The van der Waals surface area contributed by atoms with E-state index < -0.39 is 23.7 Å². The minimum Gasteiger partial charge on any atom is -0.493 e. The van der Waals surface area contributed by atoms with E-state index in [4.69, 9.17) is 25.5 Å². The van der Waals surface area contributed by atoms with Crippen molar-refractivity contribution in [2.75, 3.05) is 14.2 Å². The molecule has 3 aromatic rings. The predicted molar refractivity (Wildman–Crippen MR) is 134 cm³/mol. The largest absolute Gasteiger partial charge is 0.493 e. The number of ether oxygens (including phenoxy) is 3. The summed E-state index contributed by atoms with van der Waals surface area (Å²) < 4.78 is 35.4. The number of amides is 3. The van der Waals surface area contributed by atoms with Gasteiger partial charge in [-0.1, -0.05) is 29.8 Å². The maximum Gasteiger partial charge on any atom is 0.373 e. The molecule has 12 heteroatoms. The molecule has 37 heavy (non-hydrogen) atoms. The molecule has 9 nitrogen and oxygen atoms in total. The van der Waals surface area contributed by atoms with Crippen LogP contribution in [0, 0.1) is 5.82 Å². The lowest BCUT2D eigenvalue weighted by atomic mass is 10.1. The highest BCUT2D eigenvalue weighted by Crippen LogP contribution is 2.43. The fourth-order valence-electron chi connectivity index (χ4n) is 3.46. The highest BCUT2D eigenvalue weighted by Gasteiger charge is 2.35. The molecule has 0 atom stereocenters. The normalized spacial score (nSPS) is 14.2. The summed E-state index contributed by atoms with van der Waals surface area (Å²) in [6, 6.07) is 9.90. The molecule has 0 bridgehead atoms. The van der Waals surface area contributed by atoms with E-state index in [9.17, 15) is 18.8 Å². The fraction of sp³-hybridized carbons (Fsp3) is 0.160. The number of furan rings is 1. The standard InChI is InChI=1S/C25H19BrClFN2O7/c1-34-19-10-14(20(26)21(27)22(19)36-12-13-5-3-4-6-16(13)28)9-17-23(31)30(25(33)29-17)11-15-7-8-18(37-15)24(32)35-2/h3-10H,11-12H2,1-2H3,(H,29,33)/b17-9-. The molecule has 0 radical (unpaired) electrons. The molecule has 1 fully saturated rings. The number of urea groups is 1. The molecule has 1 aliphatic heterocycles. The minimum atomic E-state index is -0.680. The zero-order valence-electron chi connectivity index (χ0n) is 19.5. The second kappa shape index (κ2) is 11.1. The SMILES string of the molecule is COC(=O)c1ccc(CN2C(=O)N/C(=C\c3cc(OC)c(OCc4ccccc4F)c(Cl)c3Br)C2=O)o1. The lowest BCUT2D eigenvalue weighted by molar-refractivity contribution is -0.123. The van der Waals surface area contributed by atoms with Gasteiger partial charge in [0.2, 0.25) is 5.76 Å². The van der Waals surface area contributed by atoms with Gasteiger partial charge in [0.1, 0.15) is 28.9 Å². The second-order valence-corrected chi connectivity index (χ2v) is 8.81. The van der Waals surface area contributed by atoms with Crippen LogP contribution in [-0.2, 0) is 22.7 Å². The van der Waals surface area contributed by atoms with Gasteiger partial charge in [-0.25, -0.2) is 14.0 Å². The van der Waals surface area contributed by atoms with Crippen molar-refractivity contribution in [1.82, 2.24) is 10.2 Å². The summed E-state index contributed by atoms with van der Waals surface area (Å²) in [7, 11) is 2.61. The molecular weight excluding hydrogens is 575 g/mol. The van der Waals surface area contributed by atoms with Crippen LogP contribution in [0.1, 0.15) is 27.4 Å². The number of nitrogens with zero attached hydrogens (tertiary/aromatic N) is 1. The number of hydrogen-bond donors (Lipinski definition) is 1. The molecule has 3 amide bonds. The smallest absolute Gasteiger partial charge is 0.373 e. The average Bonchev–Trinajstić information content (AvgIpc) is 3.47. The third-order valence-electron chi connectivity index (χ3n) is 5.33. The van der Waals surface area contributed by atoms with E-state index in [-0.39, 0.29) is 46.9 Å². The Labute approximate surface area is 223 Å². The lowest BCUT2D eigenvalue weighted by Gasteiger charge is -2.15. The van der Waals surface area contributed by atoms with Crippen LogP contribution >= 0.6 is 27.5 Å². The van der Waals surface area contributed by atoms with E-state index in [1.807, 2.05) is 0 Å². The maximum atomic E-state index is 14.0. The minimum absolute atomic E-state index is 0.0245. The molecule has 4 rings (SSSR count). The Morgan fingerprint density at radius 2 is 1.97 bits per heavy atom. The third-order valence-corrected chi connectivity index (χ3v) is 6.77. The monoisotopic (exact) mass is 592 g/mol. The molecule has 1 aromatic heterocycles. The first-order valence-electron chi connectivity index (χ1n) is 10.7. The van der Waals surface area contributed by atoms with Gasteiger partial charge in [-0.15, -0.1) is 0 Å². The maximum absolute atomic E-state index is 14.0. The van der Waals surface area contributed by atoms with E-state index in [2.05, 4.69) is 26.0 Å². The Hall–Kier alpha value is -3.83. The zero-order valence-corrected chi connectivity index (χ0v) is 21.8. The van der Waals surface area contributed by atoms with Crippen LogP contribution in [0.5, 0.6) is 11.5 Å². The van der Waals surface area contributed by atoms with Crippen molar-refractivity contribution in [1.29, 1.82) is 0 Å². The fourth-order valence-corrected chi connectivity index (χ4v) is 4.13. The molecule has 0 aliphatic carbocycles. The van der Waals surface area contributed by atoms with Gasteiger partial charge in [-0.2, -0.15) is 0 Å². The zero-order chi connectivity index (χ0) is 26.7. The number of carbonyl (C=O) groups is 3. The molecule has 0 saturated carbocycles. The molecule has 1 N–H and O–H groups in total. The van der Waals surface area contributed by atoms with E-state index in [0.29, 0.717) is 15.6 Å². The predicted octanol–water partition coefficient (Wildman–Crippen LogP) is 5.30. The van der Waals surface area contributed by atoms with Gasteiger partial charge in [-0.05, 0) is 51.8 Å². The topological polar surface area (TPSA) is 107 Å². The van der Waals surface area contributed by atoms with Crippen molar-refractivity contribution in [3.8, 4) is 11.5 Å². The van der Waals surface area contributed by atoms with Crippen LogP contribution in [0.4, 0.5) is 9.18 Å². The Morgan fingerprint density at radius 3 is 2.68 bits per heavy atom. The number of esters is 1. The molecule has 0 spiro atoms. The summed E-state index contributed by atoms with van der Waals surface area (Å²) in [6.45, 7) is -0.295. The van der Waals surface area contributed by atoms with Gasteiger partial charge in [0.25, 0.3) is 5.91 Å². The first-order valence-corrected chi connectivity index (χ1v) is 11.8. The number of methoxy groups -OCH3 is 2. The Bertz CT molecular complexity index is 1420. The second-order valence-electron chi connectivity index (χ2n) is 7.64. The molecular formula is C25H19BrClFN2O7.